The molecule has 0 saturated heterocycles. The Morgan fingerprint density at radius 1 is 1.22 bits per heavy atom. The van der Waals surface area contributed by atoms with Crippen LogP contribution in [0.1, 0.15) is 18.7 Å². The molecule has 1 amide bonds. The number of hydrogen-bond donors (Lipinski definition) is 1. The largest absolute Gasteiger partial charge is 0.484 e. The molecule has 1 atom stereocenters. The molecule has 3 rings (SSSR count). The van der Waals surface area contributed by atoms with E-state index in [-0.39, 0.29) is 18.6 Å². The maximum Gasteiger partial charge on any atom is 0.258 e. The second-order valence-corrected chi connectivity index (χ2v) is 5.22. The number of carbonyl (C=O) groups is 1. The molecule has 1 aromatic heterocycles. The van der Waals surface area contributed by atoms with Crippen LogP contribution in [0, 0.1) is 5.82 Å². The molecule has 0 spiro atoms. The van der Waals surface area contributed by atoms with Gasteiger partial charge in [-0.2, -0.15) is 0 Å². The van der Waals surface area contributed by atoms with Crippen LogP contribution in [0.15, 0.2) is 59.0 Å². The number of nitrogens with one attached hydrogen (secondary N) is 1. The van der Waals surface area contributed by atoms with Gasteiger partial charge in [-0.15, -0.1) is 0 Å². The average Bonchev–Trinajstić information content (AvgIpc) is 2.97. The van der Waals surface area contributed by atoms with Crippen molar-refractivity contribution in [3.05, 3.63) is 66.2 Å². The number of para-hydroxylation sites is 1. The lowest BCUT2D eigenvalue weighted by atomic mass is 10.2. The van der Waals surface area contributed by atoms with E-state index in [1.807, 2.05) is 37.3 Å². The summed E-state index contributed by atoms with van der Waals surface area (Å²) in [7, 11) is 0. The number of hydrogen-bond acceptors (Lipinski definition) is 3. The Labute approximate surface area is 132 Å². The number of benzene rings is 2. The highest BCUT2D eigenvalue weighted by molar-refractivity contribution is 5.79. The first-order valence-electron chi connectivity index (χ1n) is 7.28. The third-order valence-corrected chi connectivity index (χ3v) is 3.41. The van der Waals surface area contributed by atoms with Crippen LogP contribution < -0.4 is 10.1 Å². The van der Waals surface area contributed by atoms with Gasteiger partial charge >= 0.3 is 0 Å². The molecule has 0 radical (unpaired) electrons. The minimum Gasteiger partial charge on any atom is -0.484 e. The summed E-state index contributed by atoms with van der Waals surface area (Å²) in [5, 5.41) is 3.78. The van der Waals surface area contributed by atoms with Gasteiger partial charge in [0.25, 0.3) is 5.91 Å². The molecule has 0 aliphatic carbocycles. The molecule has 3 aromatic rings. The van der Waals surface area contributed by atoms with Crippen LogP contribution in [-0.4, -0.2) is 12.5 Å². The number of ether oxygens (including phenoxy) is 1. The van der Waals surface area contributed by atoms with Crippen molar-refractivity contribution in [1.82, 2.24) is 5.32 Å². The van der Waals surface area contributed by atoms with Crippen LogP contribution in [0.4, 0.5) is 4.39 Å². The molecule has 0 aliphatic heterocycles. The summed E-state index contributed by atoms with van der Waals surface area (Å²) >= 11 is 0. The van der Waals surface area contributed by atoms with E-state index in [1.54, 1.807) is 6.07 Å². The Morgan fingerprint density at radius 2 is 2.04 bits per heavy atom. The van der Waals surface area contributed by atoms with Crippen LogP contribution in [0.2, 0.25) is 0 Å². The number of rotatable bonds is 5. The lowest BCUT2D eigenvalue weighted by molar-refractivity contribution is -0.123. The molecule has 1 heterocycles. The Hall–Kier alpha value is -2.82. The zero-order valence-electron chi connectivity index (χ0n) is 12.6. The summed E-state index contributed by atoms with van der Waals surface area (Å²) in [4.78, 5) is 11.9. The predicted molar refractivity (Wildman–Crippen MR) is 84.7 cm³/mol. The van der Waals surface area contributed by atoms with E-state index in [4.69, 9.17) is 9.15 Å². The fourth-order valence-corrected chi connectivity index (χ4v) is 2.28. The predicted octanol–water partition coefficient (Wildman–Crippen LogP) is 3.83. The van der Waals surface area contributed by atoms with Crippen molar-refractivity contribution < 1.29 is 18.3 Å². The Bertz CT molecular complexity index is 795. The summed E-state index contributed by atoms with van der Waals surface area (Å²) in [6.07, 6.45) is 0. The molecule has 4 nitrogen and oxygen atoms in total. The van der Waals surface area contributed by atoms with Crippen LogP contribution in [-0.2, 0) is 4.79 Å². The number of carbonyl (C=O) groups excluding carboxylic acids is 1. The maximum atomic E-state index is 13.0. The first-order valence-corrected chi connectivity index (χ1v) is 7.28. The van der Waals surface area contributed by atoms with Gasteiger partial charge in [0, 0.05) is 11.5 Å². The molecule has 0 bridgehead atoms. The Morgan fingerprint density at radius 3 is 2.83 bits per heavy atom. The van der Waals surface area contributed by atoms with E-state index in [2.05, 4.69) is 5.32 Å². The zero-order valence-corrected chi connectivity index (χ0v) is 12.6. The fraction of sp³-hybridized carbons (Fsp3) is 0.167. The molecule has 1 N–H and O–H groups in total. The molecule has 23 heavy (non-hydrogen) atoms. The van der Waals surface area contributed by atoms with Crippen LogP contribution in [0.5, 0.6) is 5.75 Å². The van der Waals surface area contributed by atoms with Crippen molar-refractivity contribution >= 4 is 16.9 Å². The topological polar surface area (TPSA) is 51.5 Å². The highest BCUT2D eigenvalue weighted by Gasteiger charge is 2.14. The molecule has 0 fully saturated rings. The quantitative estimate of drug-likeness (QED) is 0.779. The van der Waals surface area contributed by atoms with E-state index in [9.17, 15) is 9.18 Å². The zero-order chi connectivity index (χ0) is 16.2. The lowest BCUT2D eigenvalue weighted by Gasteiger charge is -2.12. The van der Waals surface area contributed by atoms with Gasteiger partial charge in [-0.05, 0) is 31.2 Å². The number of fused-ring (bicyclic) bond motifs is 1. The van der Waals surface area contributed by atoms with E-state index in [0.717, 1.165) is 11.0 Å². The SMILES string of the molecule is CC(NC(=O)COc1cccc(F)c1)c1cc2ccccc2o1. The van der Waals surface area contributed by atoms with Crippen LogP contribution >= 0.6 is 0 Å². The van der Waals surface area contributed by atoms with E-state index in [1.165, 1.54) is 18.2 Å². The average molecular weight is 313 g/mol. The minimum absolute atomic E-state index is 0.186. The smallest absolute Gasteiger partial charge is 0.258 e. The van der Waals surface area contributed by atoms with Gasteiger partial charge in [0.15, 0.2) is 6.61 Å². The van der Waals surface area contributed by atoms with Gasteiger partial charge in [-0.1, -0.05) is 24.3 Å². The van der Waals surface area contributed by atoms with Crippen molar-refractivity contribution in [1.29, 1.82) is 0 Å². The summed E-state index contributed by atoms with van der Waals surface area (Å²) in [5.41, 5.74) is 0.777. The summed E-state index contributed by atoms with van der Waals surface area (Å²) in [6.45, 7) is 1.64. The number of amides is 1. The lowest BCUT2D eigenvalue weighted by Crippen LogP contribution is -2.31. The van der Waals surface area contributed by atoms with E-state index < -0.39 is 5.82 Å². The van der Waals surface area contributed by atoms with Crippen molar-refractivity contribution in [3.63, 3.8) is 0 Å². The van der Waals surface area contributed by atoms with Gasteiger partial charge in [-0.25, -0.2) is 4.39 Å². The van der Waals surface area contributed by atoms with Gasteiger partial charge in [-0.3, -0.25) is 4.79 Å². The van der Waals surface area contributed by atoms with Gasteiger partial charge in [0.2, 0.25) is 0 Å². The molecular formula is C18H16FNO3. The first-order chi connectivity index (χ1) is 11.1. The molecular weight excluding hydrogens is 297 g/mol. The molecule has 118 valence electrons. The molecule has 1 unspecified atom stereocenters. The minimum atomic E-state index is -0.404. The number of halogens is 1. The molecule has 0 saturated carbocycles. The monoisotopic (exact) mass is 313 g/mol. The maximum absolute atomic E-state index is 13.0. The first kappa shape index (κ1) is 15.1. The molecule has 0 aliphatic rings. The van der Waals surface area contributed by atoms with Crippen molar-refractivity contribution in [3.8, 4) is 5.75 Å². The molecule has 5 heteroatoms. The molecule has 2 aromatic carbocycles. The highest BCUT2D eigenvalue weighted by Crippen LogP contribution is 2.23. The summed E-state index contributed by atoms with van der Waals surface area (Å²) < 4.78 is 24.0. The van der Waals surface area contributed by atoms with E-state index >= 15 is 0 Å². The van der Waals surface area contributed by atoms with Crippen LogP contribution in [0.25, 0.3) is 11.0 Å². The standard InChI is InChI=1S/C18H16FNO3/c1-12(17-9-13-5-2-3-8-16(13)23-17)20-18(21)11-22-15-7-4-6-14(19)10-15/h2-10,12H,11H2,1H3,(H,20,21). The van der Waals surface area contributed by atoms with Crippen molar-refractivity contribution in [2.24, 2.45) is 0 Å². The van der Waals surface area contributed by atoms with Gasteiger partial charge in [0.1, 0.15) is 22.9 Å². The van der Waals surface area contributed by atoms with Gasteiger partial charge in [0.05, 0.1) is 6.04 Å². The van der Waals surface area contributed by atoms with Gasteiger partial charge < -0.3 is 14.5 Å². The second-order valence-electron chi connectivity index (χ2n) is 5.22. The summed E-state index contributed by atoms with van der Waals surface area (Å²) in [6, 6.07) is 14.9. The third kappa shape index (κ3) is 3.69. The Kier molecular flexibility index (Phi) is 4.28. The Balaban J connectivity index is 1.58. The fourth-order valence-electron chi connectivity index (χ4n) is 2.28. The third-order valence-electron chi connectivity index (χ3n) is 3.41. The highest BCUT2D eigenvalue weighted by atomic mass is 19.1. The second kappa shape index (κ2) is 6.52. The summed E-state index contributed by atoms with van der Waals surface area (Å²) in [5.74, 6) is 0.280. The van der Waals surface area contributed by atoms with Crippen LogP contribution in [0.3, 0.4) is 0 Å². The van der Waals surface area contributed by atoms with Crippen molar-refractivity contribution in [2.75, 3.05) is 6.61 Å². The van der Waals surface area contributed by atoms with E-state index in [0.29, 0.717) is 11.5 Å². The normalized spacial score (nSPS) is 12.1. The number of furan rings is 1. The van der Waals surface area contributed by atoms with Crippen molar-refractivity contribution in [2.45, 2.75) is 13.0 Å².